The number of fused-ring (bicyclic) bond motifs is 1. The number of hydrogen-bond donors (Lipinski definition) is 2. The summed E-state index contributed by atoms with van der Waals surface area (Å²) in [6, 6.07) is 5.46. The van der Waals surface area contributed by atoms with Gasteiger partial charge in [0.1, 0.15) is 11.6 Å². The Labute approximate surface area is 134 Å². The Morgan fingerprint density at radius 3 is 2.86 bits per heavy atom. The lowest BCUT2D eigenvalue weighted by atomic mass is 10.0. The Balaban J connectivity index is 2.13. The first-order valence-corrected chi connectivity index (χ1v) is 8.64. The number of aliphatic carboxylic acids is 1. The van der Waals surface area contributed by atoms with Crippen molar-refractivity contribution in [1.82, 2.24) is 4.98 Å². The van der Waals surface area contributed by atoms with Gasteiger partial charge in [-0.3, -0.25) is 0 Å². The number of carboxylic acid groups (broad SMARTS) is 1. The second-order valence-corrected chi connectivity index (χ2v) is 6.82. The molecule has 0 spiro atoms. The SMILES string of the molecule is CCSCCC(Nc1nc2cc(C(C)C)ccc2o1)C(=O)O. The third-order valence-electron chi connectivity index (χ3n) is 3.43. The highest BCUT2D eigenvalue weighted by molar-refractivity contribution is 7.99. The summed E-state index contributed by atoms with van der Waals surface area (Å²) in [5, 5.41) is 12.2. The summed E-state index contributed by atoms with van der Waals surface area (Å²) < 4.78 is 5.60. The van der Waals surface area contributed by atoms with Crippen molar-refractivity contribution in [1.29, 1.82) is 0 Å². The predicted octanol–water partition coefficient (Wildman–Crippen LogP) is 3.96. The van der Waals surface area contributed by atoms with Gasteiger partial charge in [-0.15, -0.1) is 0 Å². The minimum atomic E-state index is -0.887. The molecule has 5 nitrogen and oxygen atoms in total. The van der Waals surface area contributed by atoms with Crippen LogP contribution >= 0.6 is 11.8 Å². The fourth-order valence-electron chi connectivity index (χ4n) is 2.12. The zero-order chi connectivity index (χ0) is 16.1. The number of thioether (sulfide) groups is 1. The molecule has 0 aliphatic heterocycles. The molecule has 0 amide bonds. The minimum Gasteiger partial charge on any atom is -0.480 e. The number of anilines is 1. The van der Waals surface area contributed by atoms with Gasteiger partial charge in [0.2, 0.25) is 0 Å². The zero-order valence-electron chi connectivity index (χ0n) is 13.1. The van der Waals surface area contributed by atoms with Gasteiger partial charge < -0.3 is 14.8 Å². The average molecular weight is 322 g/mol. The molecule has 0 bridgehead atoms. The number of nitrogens with zero attached hydrogens (tertiary/aromatic N) is 1. The van der Waals surface area contributed by atoms with E-state index in [0.29, 0.717) is 17.9 Å². The van der Waals surface area contributed by atoms with E-state index in [-0.39, 0.29) is 6.01 Å². The van der Waals surface area contributed by atoms with Crippen LogP contribution in [0.1, 0.15) is 38.7 Å². The maximum Gasteiger partial charge on any atom is 0.326 e. The molecular formula is C16H22N2O3S. The van der Waals surface area contributed by atoms with E-state index in [4.69, 9.17) is 4.42 Å². The molecule has 1 heterocycles. The molecule has 1 atom stereocenters. The molecular weight excluding hydrogens is 300 g/mol. The molecule has 2 rings (SSSR count). The van der Waals surface area contributed by atoms with Crippen LogP contribution in [0.2, 0.25) is 0 Å². The van der Waals surface area contributed by atoms with Crippen LogP contribution in [0.15, 0.2) is 22.6 Å². The molecule has 2 aromatic rings. The van der Waals surface area contributed by atoms with Crippen molar-refractivity contribution in [3.8, 4) is 0 Å². The van der Waals surface area contributed by atoms with Crippen molar-refractivity contribution in [2.45, 2.75) is 39.2 Å². The molecule has 1 aromatic carbocycles. The summed E-state index contributed by atoms with van der Waals surface area (Å²) in [7, 11) is 0. The monoisotopic (exact) mass is 322 g/mol. The summed E-state index contributed by atoms with van der Waals surface area (Å²) in [5.41, 5.74) is 2.60. The Bertz CT molecular complexity index is 639. The first kappa shape index (κ1) is 16.7. The van der Waals surface area contributed by atoms with E-state index in [1.54, 1.807) is 11.8 Å². The number of hydrogen-bond acceptors (Lipinski definition) is 5. The largest absolute Gasteiger partial charge is 0.480 e. The smallest absolute Gasteiger partial charge is 0.326 e. The quantitative estimate of drug-likeness (QED) is 0.717. The number of carbonyl (C=O) groups is 1. The van der Waals surface area contributed by atoms with Crippen molar-refractivity contribution >= 4 is 34.8 Å². The van der Waals surface area contributed by atoms with Crippen molar-refractivity contribution < 1.29 is 14.3 Å². The van der Waals surface area contributed by atoms with Crippen LogP contribution in [0, 0.1) is 0 Å². The molecule has 6 heteroatoms. The van der Waals surface area contributed by atoms with Gasteiger partial charge in [0.05, 0.1) is 0 Å². The number of carboxylic acids is 1. The molecule has 0 radical (unpaired) electrons. The lowest BCUT2D eigenvalue weighted by molar-refractivity contribution is -0.138. The second-order valence-electron chi connectivity index (χ2n) is 5.42. The molecule has 0 aliphatic rings. The summed E-state index contributed by atoms with van der Waals surface area (Å²) in [6.45, 7) is 6.29. The molecule has 0 fully saturated rings. The molecule has 120 valence electrons. The first-order valence-electron chi connectivity index (χ1n) is 7.48. The van der Waals surface area contributed by atoms with Gasteiger partial charge in [-0.05, 0) is 41.5 Å². The Morgan fingerprint density at radius 2 is 2.23 bits per heavy atom. The maximum absolute atomic E-state index is 11.3. The van der Waals surface area contributed by atoms with Crippen LogP contribution in [-0.4, -0.2) is 33.6 Å². The maximum atomic E-state index is 11.3. The molecule has 0 aliphatic carbocycles. The fourth-order valence-corrected chi connectivity index (χ4v) is 2.81. The van der Waals surface area contributed by atoms with E-state index in [2.05, 4.69) is 31.1 Å². The molecule has 0 saturated heterocycles. The Hall–Kier alpha value is -1.69. The van der Waals surface area contributed by atoms with Gasteiger partial charge in [-0.25, -0.2) is 4.79 Å². The molecule has 1 unspecified atom stereocenters. The average Bonchev–Trinajstić information content (AvgIpc) is 2.87. The van der Waals surface area contributed by atoms with Gasteiger partial charge in [0, 0.05) is 0 Å². The van der Waals surface area contributed by atoms with Gasteiger partial charge in [-0.1, -0.05) is 26.8 Å². The predicted molar refractivity (Wildman–Crippen MR) is 90.8 cm³/mol. The van der Waals surface area contributed by atoms with Gasteiger partial charge in [0.15, 0.2) is 5.58 Å². The Morgan fingerprint density at radius 1 is 1.45 bits per heavy atom. The number of oxazole rings is 1. The number of nitrogens with one attached hydrogen (secondary N) is 1. The molecule has 2 N–H and O–H groups in total. The number of benzene rings is 1. The van der Waals surface area contributed by atoms with Crippen LogP contribution in [0.4, 0.5) is 6.01 Å². The molecule has 0 saturated carbocycles. The lowest BCUT2D eigenvalue weighted by Gasteiger charge is -2.11. The standard InChI is InChI=1S/C16H22N2O3S/c1-4-22-8-7-12(15(19)20)17-16-18-13-9-11(10(2)3)5-6-14(13)21-16/h5-6,9-10,12H,4,7-8H2,1-3H3,(H,17,18)(H,19,20). The summed E-state index contributed by atoms with van der Waals surface area (Å²) in [4.78, 5) is 15.7. The highest BCUT2D eigenvalue weighted by Gasteiger charge is 2.19. The van der Waals surface area contributed by atoms with E-state index in [1.165, 1.54) is 5.56 Å². The molecule has 1 aromatic heterocycles. The van der Waals surface area contributed by atoms with Crippen molar-refractivity contribution in [2.24, 2.45) is 0 Å². The van der Waals surface area contributed by atoms with Crippen LogP contribution in [-0.2, 0) is 4.79 Å². The topological polar surface area (TPSA) is 75.4 Å². The summed E-state index contributed by atoms with van der Waals surface area (Å²) in [6.07, 6.45) is 0.532. The third kappa shape index (κ3) is 4.16. The summed E-state index contributed by atoms with van der Waals surface area (Å²) >= 11 is 1.72. The number of aromatic nitrogens is 1. The lowest BCUT2D eigenvalue weighted by Crippen LogP contribution is -2.30. The van der Waals surface area contributed by atoms with E-state index < -0.39 is 12.0 Å². The third-order valence-corrected chi connectivity index (χ3v) is 4.36. The van der Waals surface area contributed by atoms with E-state index in [1.807, 2.05) is 18.2 Å². The second kappa shape index (κ2) is 7.54. The van der Waals surface area contributed by atoms with Crippen molar-refractivity contribution in [3.05, 3.63) is 23.8 Å². The van der Waals surface area contributed by atoms with E-state index in [9.17, 15) is 9.90 Å². The van der Waals surface area contributed by atoms with Gasteiger partial charge in [-0.2, -0.15) is 16.7 Å². The van der Waals surface area contributed by atoms with Gasteiger partial charge in [0.25, 0.3) is 6.01 Å². The highest BCUT2D eigenvalue weighted by atomic mass is 32.2. The first-order chi connectivity index (χ1) is 10.5. The zero-order valence-corrected chi connectivity index (χ0v) is 13.9. The van der Waals surface area contributed by atoms with E-state index in [0.717, 1.165) is 17.0 Å². The fraction of sp³-hybridized carbons (Fsp3) is 0.500. The van der Waals surface area contributed by atoms with Crippen LogP contribution in [0.25, 0.3) is 11.1 Å². The number of rotatable bonds is 8. The van der Waals surface area contributed by atoms with Gasteiger partial charge >= 0.3 is 5.97 Å². The van der Waals surface area contributed by atoms with Crippen LogP contribution in [0.5, 0.6) is 0 Å². The van der Waals surface area contributed by atoms with Crippen molar-refractivity contribution in [3.63, 3.8) is 0 Å². The Kier molecular flexibility index (Phi) is 5.71. The summed E-state index contributed by atoms with van der Waals surface area (Å²) in [5.74, 6) is 1.29. The normalized spacial score (nSPS) is 12.7. The highest BCUT2D eigenvalue weighted by Crippen LogP contribution is 2.24. The van der Waals surface area contributed by atoms with E-state index >= 15 is 0 Å². The van der Waals surface area contributed by atoms with Crippen LogP contribution in [0.3, 0.4) is 0 Å². The molecule has 22 heavy (non-hydrogen) atoms. The van der Waals surface area contributed by atoms with Crippen LogP contribution < -0.4 is 5.32 Å². The minimum absolute atomic E-state index is 0.268. The van der Waals surface area contributed by atoms with Crippen molar-refractivity contribution in [2.75, 3.05) is 16.8 Å².